The van der Waals surface area contributed by atoms with Crippen LogP contribution in [-0.4, -0.2) is 77.6 Å². The number of nitrogens with zero attached hydrogens (tertiary/aromatic N) is 4. The number of aromatic nitrogens is 2. The van der Waals surface area contributed by atoms with Crippen molar-refractivity contribution < 1.29 is 14.3 Å². The summed E-state index contributed by atoms with van der Waals surface area (Å²) in [5.74, 6) is 1.04. The summed E-state index contributed by atoms with van der Waals surface area (Å²) >= 11 is 3.58. The van der Waals surface area contributed by atoms with Gasteiger partial charge in [-0.3, -0.25) is 19.3 Å². The molecular weight excluding hydrogens is 474 g/mol. The van der Waals surface area contributed by atoms with E-state index >= 15 is 0 Å². The number of nitrogens with one attached hydrogen (secondary N) is 1. The van der Waals surface area contributed by atoms with E-state index in [2.05, 4.69) is 36.1 Å². The number of carbonyl (C=O) groups excluding carboxylic acids is 2. The van der Waals surface area contributed by atoms with Crippen molar-refractivity contribution in [1.29, 1.82) is 0 Å². The highest BCUT2D eigenvalue weighted by atomic mass is 79.9. The molecule has 0 radical (unpaired) electrons. The van der Waals surface area contributed by atoms with Crippen molar-refractivity contribution in [3.8, 4) is 17.0 Å². The van der Waals surface area contributed by atoms with Crippen LogP contribution in [-0.2, 0) is 16.6 Å². The molecule has 1 aromatic heterocycles. The molecular formula is C23H32BrN5O3. The van der Waals surface area contributed by atoms with Gasteiger partial charge in [0, 0.05) is 57.4 Å². The first-order valence-corrected chi connectivity index (χ1v) is 11.8. The summed E-state index contributed by atoms with van der Waals surface area (Å²) in [5.41, 5.74) is 2.50. The number of hydrogen-bond donors (Lipinski definition) is 1. The Morgan fingerprint density at radius 1 is 1.25 bits per heavy atom. The molecule has 2 heterocycles. The first-order chi connectivity index (χ1) is 15.4. The fourth-order valence-corrected chi connectivity index (χ4v) is 4.36. The molecule has 1 aromatic carbocycles. The van der Waals surface area contributed by atoms with Crippen molar-refractivity contribution in [1.82, 2.24) is 19.6 Å². The van der Waals surface area contributed by atoms with Crippen LogP contribution in [0.2, 0.25) is 0 Å². The molecule has 0 atom stereocenters. The van der Waals surface area contributed by atoms with Gasteiger partial charge in [-0.25, -0.2) is 0 Å². The zero-order valence-corrected chi connectivity index (χ0v) is 20.6. The van der Waals surface area contributed by atoms with Gasteiger partial charge in [0.2, 0.25) is 5.91 Å². The molecule has 2 aromatic rings. The lowest BCUT2D eigenvalue weighted by atomic mass is 10.1. The van der Waals surface area contributed by atoms with E-state index in [9.17, 15) is 9.59 Å². The second kappa shape index (κ2) is 11.6. The molecule has 1 aliphatic rings. The third kappa shape index (κ3) is 6.63. The van der Waals surface area contributed by atoms with Gasteiger partial charge in [0.25, 0.3) is 0 Å². The van der Waals surface area contributed by atoms with Gasteiger partial charge in [0.05, 0.1) is 22.9 Å². The third-order valence-corrected chi connectivity index (χ3v) is 6.05. The van der Waals surface area contributed by atoms with Crippen molar-refractivity contribution in [3.63, 3.8) is 0 Å². The Labute approximate surface area is 198 Å². The van der Waals surface area contributed by atoms with Crippen molar-refractivity contribution >= 4 is 33.8 Å². The Morgan fingerprint density at radius 2 is 1.97 bits per heavy atom. The minimum absolute atomic E-state index is 0.00240. The maximum Gasteiger partial charge on any atom is 0.224 e. The second-order valence-corrected chi connectivity index (χ2v) is 9.33. The van der Waals surface area contributed by atoms with Gasteiger partial charge in [-0.15, -0.1) is 0 Å². The normalized spacial score (nSPS) is 15.2. The Kier molecular flexibility index (Phi) is 8.84. The maximum absolute atomic E-state index is 12.3. The van der Waals surface area contributed by atoms with Crippen LogP contribution in [0.5, 0.6) is 5.75 Å². The van der Waals surface area contributed by atoms with Gasteiger partial charge < -0.3 is 14.8 Å². The molecule has 1 fully saturated rings. The van der Waals surface area contributed by atoms with Gasteiger partial charge in [0.15, 0.2) is 0 Å². The van der Waals surface area contributed by atoms with Crippen molar-refractivity contribution in [2.75, 3.05) is 51.2 Å². The average molecular weight is 506 g/mol. The maximum atomic E-state index is 12.3. The van der Waals surface area contributed by atoms with Crippen molar-refractivity contribution in [2.45, 2.75) is 20.3 Å². The summed E-state index contributed by atoms with van der Waals surface area (Å²) in [6.07, 6.45) is 3.19. The van der Waals surface area contributed by atoms with Crippen LogP contribution in [0.4, 0.5) is 5.69 Å². The van der Waals surface area contributed by atoms with Gasteiger partial charge in [-0.2, -0.15) is 5.10 Å². The molecule has 1 aliphatic heterocycles. The van der Waals surface area contributed by atoms with E-state index in [-0.39, 0.29) is 5.91 Å². The molecule has 8 nitrogen and oxygen atoms in total. The van der Waals surface area contributed by atoms with E-state index in [4.69, 9.17) is 4.74 Å². The van der Waals surface area contributed by atoms with Crippen LogP contribution in [0, 0.1) is 5.92 Å². The topological polar surface area (TPSA) is 79.7 Å². The smallest absolute Gasteiger partial charge is 0.224 e. The highest BCUT2D eigenvalue weighted by Gasteiger charge is 2.18. The van der Waals surface area contributed by atoms with Crippen LogP contribution in [0.1, 0.15) is 20.3 Å². The second-order valence-electron chi connectivity index (χ2n) is 8.48. The number of amides is 1. The summed E-state index contributed by atoms with van der Waals surface area (Å²) in [7, 11) is 1.88. The van der Waals surface area contributed by atoms with Gasteiger partial charge in [0.1, 0.15) is 18.6 Å². The molecule has 32 heavy (non-hydrogen) atoms. The molecule has 1 N–H and O–H groups in total. The molecule has 1 saturated heterocycles. The molecule has 3 rings (SSSR count). The molecule has 9 heteroatoms. The lowest BCUT2D eigenvalue weighted by Crippen LogP contribution is -2.47. The van der Waals surface area contributed by atoms with Crippen molar-refractivity contribution in [2.24, 2.45) is 13.0 Å². The molecule has 0 spiro atoms. The monoisotopic (exact) mass is 505 g/mol. The summed E-state index contributed by atoms with van der Waals surface area (Å²) in [6, 6.07) is 5.72. The summed E-state index contributed by atoms with van der Waals surface area (Å²) in [6.45, 7) is 9.58. The first-order valence-electron chi connectivity index (χ1n) is 11.0. The lowest BCUT2D eigenvalue weighted by molar-refractivity contribution is -0.116. The van der Waals surface area contributed by atoms with E-state index in [0.29, 0.717) is 25.5 Å². The summed E-state index contributed by atoms with van der Waals surface area (Å²) in [4.78, 5) is 27.4. The minimum Gasteiger partial charge on any atom is -0.492 e. The largest absolute Gasteiger partial charge is 0.492 e. The number of piperazine rings is 1. The Morgan fingerprint density at radius 3 is 2.59 bits per heavy atom. The zero-order chi connectivity index (χ0) is 23.1. The minimum atomic E-state index is -0.00240. The molecule has 0 unspecified atom stereocenters. The number of benzene rings is 1. The molecule has 0 aliphatic carbocycles. The number of ether oxygens (including phenoxy) is 1. The number of carbonyl (C=O) groups is 2. The van der Waals surface area contributed by atoms with Crippen LogP contribution < -0.4 is 10.1 Å². The Hall–Kier alpha value is -2.23. The Balaban J connectivity index is 1.69. The SMILES string of the molecule is CC(C)CC(=O)Nc1ccc(OCCN2CCN(CC=O)CC2)c(-c2c(Br)cnn2C)c1. The highest BCUT2D eigenvalue weighted by Crippen LogP contribution is 2.36. The number of halogens is 1. The highest BCUT2D eigenvalue weighted by molar-refractivity contribution is 9.10. The average Bonchev–Trinajstić information content (AvgIpc) is 3.08. The fourth-order valence-electron chi connectivity index (χ4n) is 3.80. The van der Waals surface area contributed by atoms with Crippen LogP contribution >= 0.6 is 15.9 Å². The number of aldehydes is 1. The predicted molar refractivity (Wildman–Crippen MR) is 129 cm³/mol. The molecule has 0 bridgehead atoms. The number of hydrogen-bond acceptors (Lipinski definition) is 6. The van der Waals surface area contributed by atoms with E-state index in [1.165, 1.54) is 0 Å². The molecule has 0 saturated carbocycles. The van der Waals surface area contributed by atoms with Crippen LogP contribution in [0.3, 0.4) is 0 Å². The van der Waals surface area contributed by atoms with E-state index in [0.717, 1.165) is 66.2 Å². The first kappa shape index (κ1) is 24.4. The molecule has 174 valence electrons. The zero-order valence-electron chi connectivity index (χ0n) is 19.0. The number of rotatable bonds is 10. The Bertz CT molecular complexity index is 903. The number of anilines is 1. The van der Waals surface area contributed by atoms with Gasteiger partial charge >= 0.3 is 0 Å². The van der Waals surface area contributed by atoms with E-state index in [1.807, 2.05) is 39.1 Å². The van der Waals surface area contributed by atoms with Crippen LogP contribution in [0.15, 0.2) is 28.9 Å². The lowest BCUT2D eigenvalue weighted by Gasteiger charge is -2.33. The van der Waals surface area contributed by atoms with Gasteiger partial charge in [-0.05, 0) is 40.0 Å². The fraction of sp³-hybridized carbons (Fsp3) is 0.522. The predicted octanol–water partition coefficient (Wildman–Crippen LogP) is 3.03. The van der Waals surface area contributed by atoms with Gasteiger partial charge in [-0.1, -0.05) is 13.8 Å². The third-order valence-electron chi connectivity index (χ3n) is 5.47. The van der Waals surface area contributed by atoms with Crippen LogP contribution in [0.25, 0.3) is 11.3 Å². The summed E-state index contributed by atoms with van der Waals surface area (Å²) in [5, 5.41) is 7.32. The summed E-state index contributed by atoms with van der Waals surface area (Å²) < 4.78 is 8.84. The quantitative estimate of drug-likeness (QED) is 0.500. The van der Waals surface area contributed by atoms with E-state index < -0.39 is 0 Å². The molecule has 1 amide bonds. The van der Waals surface area contributed by atoms with Crippen molar-refractivity contribution in [3.05, 3.63) is 28.9 Å². The number of aryl methyl sites for hydroxylation is 1. The standard InChI is InChI=1S/C23H32BrN5O3/c1-17(2)14-22(31)26-18-4-5-21(19(15-18)23-20(24)16-25-27(23)3)32-13-11-29-8-6-28(7-9-29)10-12-30/h4-5,12,15-17H,6-11,13-14H2,1-3H3,(H,26,31). The van der Waals surface area contributed by atoms with E-state index in [1.54, 1.807) is 10.9 Å².